The van der Waals surface area contributed by atoms with Crippen molar-refractivity contribution in [3.05, 3.63) is 35.4 Å². The average Bonchev–Trinajstić information content (AvgIpc) is 2.60. The van der Waals surface area contributed by atoms with Crippen LogP contribution in [0.2, 0.25) is 0 Å². The summed E-state index contributed by atoms with van der Waals surface area (Å²) in [4.78, 5) is 13.0. The second-order valence-corrected chi connectivity index (χ2v) is 6.18. The third kappa shape index (κ3) is 2.87. The van der Waals surface area contributed by atoms with Gasteiger partial charge in [0.15, 0.2) is 0 Å². The molecule has 4 nitrogen and oxygen atoms in total. The first kappa shape index (κ1) is 13.0. The van der Waals surface area contributed by atoms with Crippen LogP contribution < -0.4 is 0 Å². The SMILES string of the molecule is Cc1cccc(CN2CC(S(=O)(=O)F)CC2=O)c1. The quantitative estimate of drug-likeness (QED) is 0.781. The van der Waals surface area contributed by atoms with Crippen molar-refractivity contribution >= 4 is 16.1 Å². The number of halogens is 1. The average molecular weight is 271 g/mol. The van der Waals surface area contributed by atoms with Gasteiger partial charge in [0.05, 0.1) is 0 Å². The lowest BCUT2D eigenvalue weighted by Gasteiger charge is -2.16. The van der Waals surface area contributed by atoms with Crippen LogP contribution in [0.25, 0.3) is 0 Å². The lowest BCUT2D eigenvalue weighted by Crippen LogP contribution is -2.26. The van der Waals surface area contributed by atoms with Crippen LogP contribution in [0.15, 0.2) is 24.3 Å². The molecule has 1 atom stereocenters. The number of amides is 1. The molecule has 98 valence electrons. The summed E-state index contributed by atoms with van der Waals surface area (Å²) >= 11 is 0. The van der Waals surface area contributed by atoms with Gasteiger partial charge in [0.25, 0.3) is 0 Å². The van der Waals surface area contributed by atoms with Crippen LogP contribution in [0.1, 0.15) is 17.5 Å². The Labute approximate surface area is 106 Å². The number of rotatable bonds is 3. The fourth-order valence-electron chi connectivity index (χ4n) is 2.11. The molecule has 1 aromatic carbocycles. The largest absolute Gasteiger partial charge is 0.337 e. The molecule has 0 spiro atoms. The van der Waals surface area contributed by atoms with E-state index in [1.807, 2.05) is 31.2 Å². The summed E-state index contributed by atoms with van der Waals surface area (Å²) in [5.41, 5.74) is 1.98. The molecule has 2 rings (SSSR count). The fraction of sp³-hybridized carbons (Fsp3) is 0.417. The Morgan fingerprint density at radius 2 is 2.17 bits per heavy atom. The molecule has 1 heterocycles. The number of aryl methyl sites for hydroxylation is 1. The van der Waals surface area contributed by atoms with Gasteiger partial charge in [-0.15, -0.1) is 3.89 Å². The zero-order valence-corrected chi connectivity index (χ0v) is 10.8. The fourth-order valence-corrected chi connectivity index (χ4v) is 2.81. The van der Waals surface area contributed by atoms with Crippen LogP contribution in [0, 0.1) is 6.92 Å². The summed E-state index contributed by atoms with van der Waals surface area (Å²) in [7, 11) is -4.63. The first-order valence-corrected chi connectivity index (χ1v) is 7.08. The molecule has 1 aliphatic rings. The summed E-state index contributed by atoms with van der Waals surface area (Å²) in [6, 6.07) is 7.58. The predicted molar refractivity (Wildman–Crippen MR) is 65.0 cm³/mol. The zero-order valence-electron chi connectivity index (χ0n) is 9.97. The number of hydrogen-bond donors (Lipinski definition) is 0. The van der Waals surface area contributed by atoms with E-state index in [1.165, 1.54) is 4.90 Å². The highest BCUT2D eigenvalue weighted by atomic mass is 32.3. The van der Waals surface area contributed by atoms with Crippen LogP contribution in [-0.2, 0) is 21.6 Å². The van der Waals surface area contributed by atoms with Gasteiger partial charge >= 0.3 is 10.2 Å². The smallest absolute Gasteiger partial charge is 0.307 e. The van der Waals surface area contributed by atoms with E-state index in [0.29, 0.717) is 6.54 Å². The highest BCUT2D eigenvalue weighted by Crippen LogP contribution is 2.21. The van der Waals surface area contributed by atoms with Crippen molar-refractivity contribution in [3.63, 3.8) is 0 Å². The van der Waals surface area contributed by atoms with Crippen LogP contribution >= 0.6 is 0 Å². The minimum Gasteiger partial charge on any atom is -0.337 e. The van der Waals surface area contributed by atoms with Gasteiger partial charge in [-0.3, -0.25) is 4.79 Å². The van der Waals surface area contributed by atoms with E-state index in [4.69, 9.17) is 0 Å². The Balaban J connectivity index is 2.10. The molecule has 0 aliphatic carbocycles. The molecule has 1 fully saturated rings. The molecule has 1 aliphatic heterocycles. The molecule has 0 bridgehead atoms. The van der Waals surface area contributed by atoms with Crippen molar-refractivity contribution in [2.75, 3.05) is 6.54 Å². The number of benzene rings is 1. The van der Waals surface area contributed by atoms with Crippen LogP contribution in [0.5, 0.6) is 0 Å². The third-order valence-electron chi connectivity index (χ3n) is 3.03. The minimum atomic E-state index is -4.63. The number of carbonyl (C=O) groups excluding carboxylic acids is 1. The number of hydrogen-bond acceptors (Lipinski definition) is 3. The van der Waals surface area contributed by atoms with Crippen molar-refractivity contribution in [2.45, 2.75) is 25.1 Å². The molecule has 0 N–H and O–H groups in total. The zero-order chi connectivity index (χ0) is 13.3. The maximum atomic E-state index is 12.8. The molecule has 1 amide bonds. The van der Waals surface area contributed by atoms with E-state index >= 15 is 0 Å². The van der Waals surface area contributed by atoms with Crippen LogP contribution in [0.4, 0.5) is 3.89 Å². The molecule has 0 aromatic heterocycles. The molecule has 1 aromatic rings. The van der Waals surface area contributed by atoms with Gasteiger partial charge in [0.2, 0.25) is 5.91 Å². The number of nitrogens with zero attached hydrogens (tertiary/aromatic N) is 1. The Hall–Kier alpha value is -1.43. The number of likely N-dealkylation sites (tertiary alicyclic amines) is 1. The summed E-state index contributed by atoms with van der Waals surface area (Å²) in [5.74, 6) is -0.317. The maximum absolute atomic E-state index is 12.8. The van der Waals surface area contributed by atoms with Gasteiger partial charge in [0.1, 0.15) is 5.25 Å². The highest BCUT2D eigenvalue weighted by molar-refractivity contribution is 7.87. The molecule has 6 heteroatoms. The molecular weight excluding hydrogens is 257 g/mol. The van der Waals surface area contributed by atoms with Gasteiger partial charge < -0.3 is 4.90 Å². The Bertz CT molecular complexity index is 570. The van der Waals surface area contributed by atoms with Crippen molar-refractivity contribution in [1.29, 1.82) is 0 Å². The van der Waals surface area contributed by atoms with Crippen LogP contribution in [-0.4, -0.2) is 31.0 Å². The van der Waals surface area contributed by atoms with Gasteiger partial charge in [-0.25, -0.2) is 0 Å². The van der Waals surface area contributed by atoms with Crippen LogP contribution in [0.3, 0.4) is 0 Å². The Morgan fingerprint density at radius 3 is 2.72 bits per heavy atom. The van der Waals surface area contributed by atoms with Gasteiger partial charge in [-0.1, -0.05) is 29.8 Å². The van der Waals surface area contributed by atoms with Crippen molar-refractivity contribution in [3.8, 4) is 0 Å². The second-order valence-electron chi connectivity index (χ2n) is 4.57. The second kappa shape index (κ2) is 4.68. The maximum Gasteiger partial charge on any atom is 0.307 e. The van der Waals surface area contributed by atoms with Crippen molar-refractivity contribution in [1.82, 2.24) is 4.90 Å². The predicted octanol–water partition coefficient (Wildman–Crippen LogP) is 1.40. The summed E-state index contributed by atoms with van der Waals surface area (Å²) in [6.07, 6.45) is -0.259. The van der Waals surface area contributed by atoms with Crippen molar-refractivity contribution < 1.29 is 17.1 Å². The highest BCUT2D eigenvalue weighted by Gasteiger charge is 2.38. The van der Waals surface area contributed by atoms with E-state index in [-0.39, 0.29) is 18.9 Å². The molecule has 18 heavy (non-hydrogen) atoms. The van der Waals surface area contributed by atoms with Gasteiger partial charge in [-0.05, 0) is 12.5 Å². The van der Waals surface area contributed by atoms with Gasteiger partial charge in [-0.2, -0.15) is 8.42 Å². The Kier molecular flexibility index (Phi) is 3.38. The lowest BCUT2D eigenvalue weighted by molar-refractivity contribution is -0.128. The molecule has 0 saturated carbocycles. The van der Waals surface area contributed by atoms with E-state index in [1.54, 1.807) is 0 Å². The standard InChI is InChI=1S/C12H14FNO3S/c1-9-3-2-4-10(5-9)7-14-8-11(6-12(14)15)18(13,16)17/h2-5,11H,6-8H2,1H3. The monoisotopic (exact) mass is 271 g/mol. The third-order valence-corrected chi connectivity index (χ3v) is 4.15. The topological polar surface area (TPSA) is 54.5 Å². The number of carbonyl (C=O) groups is 1. The van der Waals surface area contributed by atoms with Crippen molar-refractivity contribution in [2.24, 2.45) is 0 Å². The van der Waals surface area contributed by atoms with Gasteiger partial charge in [0, 0.05) is 19.5 Å². The van der Waals surface area contributed by atoms with E-state index in [9.17, 15) is 17.1 Å². The van der Waals surface area contributed by atoms with E-state index in [0.717, 1.165) is 11.1 Å². The van der Waals surface area contributed by atoms with E-state index in [2.05, 4.69) is 0 Å². The molecular formula is C12H14FNO3S. The Morgan fingerprint density at radius 1 is 1.44 bits per heavy atom. The molecule has 1 unspecified atom stereocenters. The summed E-state index contributed by atoms with van der Waals surface area (Å²) in [6.45, 7) is 2.20. The minimum absolute atomic E-state index is 0.0639. The summed E-state index contributed by atoms with van der Waals surface area (Å²) < 4.78 is 34.4. The van der Waals surface area contributed by atoms with E-state index < -0.39 is 15.5 Å². The first-order chi connectivity index (χ1) is 8.36. The lowest BCUT2D eigenvalue weighted by atomic mass is 10.1. The first-order valence-electron chi connectivity index (χ1n) is 5.63. The molecule has 1 saturated heterocycles. The summed E-state index contributed by atoms with van der Waals surface area (Å²) in [5, 5.41) is -1.21. The molecule has 0 radical (unpaired) electrons. The normalized spacial score (nSPS) is 20.4.